The number of fused-ring (bicyclic) bond motifs is 2. The van der Waals surface area contributed by atoms with E-state index in [4.69, 9.17) is 11.6 Å². The number of sulfonamides is 1. The van der Waals surface area contributed by atoms with Gasteiger partial charge in [0.1, 0.15) is 40.9 Å². The number of pyridine rings is 1. The molecule has 0 radical (unpaired) electrons. The maximum atomic E-state index is 15.8. The van der Waals surface area contributed by atoms with Gasteiger partial charge in [0, 0.05) is 28.7 Å². The summed E-state index contributed by atoms with van der Waals surface area (Å²) in [7, 11) is -8.21. The number of halogens is 11. The Morgan fingerprint density at radius 3 is 2.07 bits per heavy atom. The normalized spacial score (nSPS) is 19.7. The SMILES string of the molecule is C[C@@H]1c2c(C(F)(F)F)nn(CC(=O)N[C@@H](Cc3cc(F)cc(F)c3)c3nc(C#CC(C)(C)S(=O)(=O)C4(C)CC4)ccc3-c3ccc(Cl)c4c(NS(=O)(=O)C5(C)CC5)nn(CC(F)(F)F)c34)c2C(F)(F)[C@@H]1C. The van der Waals surface area contributed by atoms with Crippen LogP contribution in [0.1, 0.15) is 113 Å². The Morgan fingerprint density at radius 1 is 0.887 bits per heavy atom. The number of nitrogens with one attached hydrogen (secondary N) is 2. The molecule has 0 saturated heterocycles. The van der Waals surface area contributed by atoms with Gasteiger partial charge in [0.05, 0.1) is 37.2 Å². The molecule has 71 heavy (non-hydrogen) atoms. The average Bonchev–Trinajstić information content (AvgIpc) is 4.10. The van der Waals surface area contributed by atoms with Crippen LogP contribution >= 0.6 is 11.6 Å². The second-order valence-electron chi connectivity index (χ2n) is 19.4. The van der Waals surface area contributed by atoms with Crippen LogP contribution in [0.3, 0.4) is 0 Å². The summed E-state index contributed by atoms with van der Waals surface area (Å²) in [6.45, 7) is 4.79. The van der Waals surface area contributed by atoms with Gasteiger partial charge in [0.15, 0.2) is 21.3 Å². The van der Waals surface area contributed by atoms with E-state index in [2.05, 4.69) is 37.1 Å². The third kappa shape index (κ3) is 9.46. The fraction of sp³-hybridized carbons (Fsp3) is 0.478. The van der Waals surface area contributed by atoms with Crippen molar-refractivity contribution < 1.29 is 65.5 Å². The highest BCUT2D eigenvalue weighted by molar-refractivity contribution is 7.94. The standard InChI is InChI=1S/C46H44ClF10N7O5S2/c1-23-24(2)45(53,54)39-34(23)38(46(55,56)57)60-63(39)21-33(65)59-32(19-25-17-26(48)20-27(49)18-25)36-29(8-7-28(58-36)11-12-41(3,4)70(66,67)42(5)13-14-42)30-9-10-31(47)35-37(30)64(22-44(50,51)52)61-40(35)62-71(68,69)43(6)15-16-43/h7-10,17-18,20,23-24,32H,13-16,19,21-22H2,1-6H3,(H,59,65)(H,61,62)/t23-,24+,32-/m0/s1. The number of hydrogen-bond acceptors (Lipinski definition) is 8. The molecule has 0 spiro atoms. The lowest BCUT2D eigenvalue weighted by atomic mass is 9.93. The van der Waals surface area contributed by atoms with Crippen LogP contribution in [0, 0.1) is 29.4 Å². The molecule has 2 fully saturated rings. The smallest absolute Gasteiger partial charge is 0.346 e. The lowest BCUT2D eigenvalue weighted by molar-refractivity contribution is -0.143. The summed E-state index contributed by atoms with van der Waals surface area (Å²) in [5.41, 5.74) is -5.23. The van der Waals surface area contributed by atoms with Gasteiger partial charge in [-0.05, 0) is 108 Å². The van der Waals surface area contributed by atoms with Gasteiger partial charge in [0.2, 0.25) is 15.9 Å². The Labute approximate surface area is 405 Å². The summed E-state index contributed by atoms with van der Waals surface area (Å²) in [6, 6.07) is 5.43. The van der Waals surface area contributed by atoms with Crippen LogP contribution in [0.2, 0.25) is 5.02 Å². The molecule has 2 aromatic carbocycles. The minimum Gasteiger partial charge on any atom is -0.346 e. The van der Waals surface area contributed by atoms with E-state index in [1.165, 1.54) is 45.0 Å². The molecule has 5 aromatic rings. The van der Waals surface area contributed by atoms with Crippen LogP contribution < -0.4 is 10.0 Å². The Kier molecular flexibility index (Phi) is 12.5. The quantitative estimate of drug-likeness (QED) is 0.0872. The first kappa shape index (κ1) is 51.9. The summed E-state index contributed by atoms with van der Waals surface area (Å²) < 4.78 is 201. The molecule has 3 aliphatic rings. The van der Waals surface area contributed by atoms with Gasteiger partial charge >= 0.3 is 12.4 Å². The summed E-state index contributed by atoms with van der Waals surface area (Å²) in [4.78, 5) is 18.9. The van der Waals surface area contributed by atoms with E-state index in [1.807, 2.05) is 0 Å². The number of nitrogens with zero attached hydrogens (tertiary/aromatic N) is 5. The molecule has 8 rings (SSSR count). The van der Waals surface area contributed by atoms with Crippen LogP contribution in [-0.2, 0) is 56.3 Å². The number of hydrogen-bond donors (Lipinski definition) is 2. The zero-order chi connectivity index (χ0) is 52.4. The van der Waals surface area contributed by atoms with Gasteiger partial charge in [-0.1, -0.05) is 37.4 Å². The number of anilines is 1. The number of carbonyl (C=O) groups excluding carboxylic acids is 1. The molecular weight excluding hydrogens is 1020 g/mol. The third-order valence-electron chi connectivity index (χ3n) is 13.7. The van der Waals surface area contributed by atoms with Gasteiger partial charge in [-0.3, -0.25) is 18.9 Å². The fourth-order valence-corrected chi connectivity index (χ4v) is 12.4. The Hall–Kier alpha value is -5.41. The van der Waals surface area contributed by atoms with E-state index < -0.39 is 136 Å². The van der Waals surface area contributed by atoms with Crippen LogP contribution in [0.15, 0.2) is 42.5 Å². The predicted octanol–water partition coefficient (Wildman–Crippen LogP) is 10.1. The lowest BCUT2D eigenvalue weighted by Gasteiger charge is -2.24. The van der Waals surface area contributed by atoms with Gasteiger partial charge < -0.3 is 5.32 Å². The molecule has 3 aromatic heterocycles. The maximum absolute atomic E-state index is 15.8. The van der Waals surface area contributed by atoms with Gasteiger partial charge in [-0.15, -0.1) is 0 Å². The zero-order valence-corrected chi connectivity index (χ0v) is 40.9. The molecular formula is C46H44ClF10N7O5S2. The molecule has 25 heteroatoms. The van der Waals surface area contributed by atoms with Crippen molar-refractivity contribution in [2.45, 2.75) is 131 Å². The monoisotopic (exact) mass is 1060 g/mol. The number of carbonyl (C=O) groups is 1. The Bertz CT molecular complexity index is 3300. The number of alkyl halides is 8. The third-order valence-corrected chi connectivity index (χ3v) is 19.3. The van der Waals surface area contributed by atoms with Gasteiger partial charge in [-0.25, -0.2) is 30.6 Å². The molecule has 0 bridgehead atoms. The van der Waals surface area contributed by atoms with Crippen molar-refractivity contribution in [3.63, 3.8) is 0 Å². The van der Waals surface area contributed by atoms with Gasteiger partial charge in [0.25, 0.3) is 5.92 Å². The van der Waals surface area contributed by atoms with Crippen molar-refractivity contribution in [1.29, 1.82) is 0 Å². The molecule has 3 atom stereocenters. The van der Waals surface area contributed by atoms with E-state index in [0.29, 0.717) is 23.6 Å². The molecule has 2 N–H and O–H groups in total. The van der Waals surface area contributed by atoms with Gasteiger partial charge in [-0.2, -0.15) is 45.3 Å². The topological polar surface area (TPSA) is 158 Å². The molecule has 2 saturated carbocycles. The highest BCUT2D eigenvalue weighted by Gasteiger charge is 2.58. The van der Waals surface area contributed by atoms with E-state index >= 15 is 8.78 Å². The minimum absolute atomic E-state index is 0.183. The van der Waals surface area contributed by atoms with Crippen molar-refractivity contribution in [1.82, 2.24) is 29.9 Å². The van der Waals surface area contributed by atoms with Crippen molar-refractivity contribution in [2.24, 2.45) is 5.92 Å². The summed E-state index contributed by atoms with van der Waals surface area (Å²) >= 11 is 6.63. The number of sulfone groups is 1. The predicted molar refractivity (Wildman–Crippen MR) is 241 cm³/mol. The number of benzene rings is 2. The largest absolute Gasteiger partial charge is 0.435 e. The first-order valence-electron chi connectivity index (χ1n) is 22.0. The summed E-state index contributed by atoms with van der Waals surface area (Å²) in [5.74, 6) is -5.60. The Morgan fingerprint density at radius 2 is 1.49 bits per heavy atom. The van der Waals surface area contributed by atoms with Crippen LogP contribution in [0.5, 0.6) is 0 Å². The molecule has 1 amide bonds. The first-order valence-corrected chi connectivity index (χ1v) is 25.3. The maximum Gasteiger partial charge on any atom is 0.435 e. The molecule has 12 nitrogen and oxygen atoms in total. The molecule has 382 valence electrons. The first-order chi connectivity index (χ1) is 32.6. The van der Waals surface area contributed by atoms with Crippen LogP contribution in [0.4, 0.5) is 49.7 Å². The van der Waals surface area contributed by atoms with E-state index in [-0.39, 0.29) is 56.0 Å². The molecule has 0 unspecified atom stereocenters. The summed E-state index contributed by atoms with van der Waals surface area (Å²) in [5, 5.41) is 9.33. The van der Waals surface area contributed by atoms with Crippen molar-refractivity contribution in [2.75, 3.05) is 4.72 Å². The van der Waals surface area contributed by atoms with Crippen molar-refractivity contribution in [3.05, 3.63) is 93.0 Å². The molecule has 3 heterocycles. The highest BCUT2D eigenvalue weighted by atomic mass is 35.5. The van der Waals surface area contributed by atoms with Crippen LogP contribution in [-0.4, -0.2) is 67.7 Å². The van der Waals surface area contributed by atoms with E-state index in [1.54, 1.807) is 6.92 Å². The number of rotatable bonds is 13. The highest BCUT2D eigenvalue weighted by Crippen LogP contribution is 2.56. The van der Waals surface area contributed by atoms with E-state index in [0.717, 1.165) is 26.0 Å². The summed E-state index contributed by atoms with van der Waals surface area (Å²) in [6.07, 6.45) is -9.67. The fourth-order valence-electron chi connectivity index (χ4n) is 8.85. The second kappa shape index (κ2) is 17.1. The van der Waals surface area contributed by atoms with E-state index in [9.17, 15) is 56.8 Å². The van der Waals surface area contributed by atoms with Crippen LogP contribution in [0.25, 0.3) is 22.0 Å². The zero-order valence-electron chi connectivity index (χ0n) is 38.5. The van der Waals surface area contributed by atoms with Crippen molar-refractivity contribution in [3.8, 4) is 23.0 Å². The molecule has 3 aliphatic carbocycles. The van der Waals surface area contributed by atoms with Crippen molar-refractivity contribution >= 4 is 54.1 Å². The lowest BCUT2D eigenvalue weighted by Crippen LogP contribution is -2.38. The number of amides is 1. The second-order valence-corrected chi connectivity index (χ2v) is 25.0. The molecule has 0 aliphatic heterocycles. The minimum atomic E-state index is -5.23. The number of aromatic nitrogens is 5. The Balaban J connectivity index is 1.34. The average molecular weight is 1060 g/mol.